The molecular formula is C21H32FN7O. The maximum absolute atomic E-state index is 12.6. The van der Waals surface area contributed by atoms with Crippen LogP contribution in [0.15, 0.2) is 35.5 Å². The van der Waals surface area contributed by atoms with Crippen molar-refractivity contribution in [3.63, 3.8) is 0 Å². The zero-order valence-corrected chi connectivity index (χ0v) is 17.9. The van der Waals surface area contributed by atoms with Crippen LogP contribution in [0.5, 0.6) is 0 Å². The monoisotopic (exact) mass is 417 g/mol. The number of carbonyl (C=O) groups is 1. The van der Waals surface area contributed by atoms with Crippen LogP contribution in [-0.4, -0.2) is 85.4 Å². The zero-order valence-electron chi connectivity index (χ0n) is 17.9. The van der Waals surface area contributed by atoms with Crippen molar-refractivity contribution in [3.05, 3.63) is 36.0 Å². The van der Waals surface area contributed by atoms with E-state index in [1.54, 1.807) is 4.90 Å². The SMILES string of the molecule is CN1CCN(C(=N)/N=C(\N)C=O)CC1CF.CNC(C)Cc1c[nH]c2ccccc12. The van der Waals surface area contributed by atoms with Gasteiger partial charge in [0.05, 0.1) is 6.04 Å². The Labute approximate surface area is 176 Å². The van der Waals surface area contributed by atoms with Crippen LogP contribution in [0.25, 0.3) is 10.9 Å². The third-order valence-electron chi connectivity index (χ3n) is 5.30. The number of hydrogen-bond donors (Lipinski definition) is 4. The second-order valence-electron chi connectivity index (χ2n) is 7.47. The Hall–Kier alpha value is -2.78. The number of aromatic amines is 1. The molecule has 0 bridgehead atoms. The number of para-hydroxylation sites is 1. The number of rotatable bonds is 5. The van der Waals surface area contributed by atoms with E-state index in [1.165, 1.54) is 16.5 Å². The second kappa shape index (κ2) is 11.4. The van der Waals surface area contributed by atoms with Crippen molar-refractivity contribution in [1.29, 1.82) is 5.41 Å². The normalized spacial score (nSPS) is 18.6. The summed E-state index contributed by atoms with van der Waals surface area (Å²) in [5.41, 5.74) is 7.82. The van der Waals surface area contributed by atoms with Crippen LogP contribution in [0.1, 0.15) is 12.5 Å². The number of aromatic nitrogens is 1. The molecule has 1 aliphatic heterocycles. The van der Waals surface area contributed by atoms with Crippen molar-refractivity contribution < 1.29 is 9.18 Å². The molecule has 30 heavy (non-hydrogen) atoms. The number of benzene rings is 1. The summed E-state index contributed by atoms with van der Waals surface area (Å²) in [6.07, 6.45) is 3.57. The molecule has 164 valence electrons. The maximum atomic E-state index is 12.6. The van der Waals surface area contributed by atoms with Crippen molar-refractivity contribution in [1.82, 2.24) is 20.1 Å². The molecule has 9 heteroatoms. The Morgan fingerprint density at radius 1 is 1.47 bits per heavy atom. The molecule has 0 saturated carbocycles. The topological polar surface area (TPSA) is 114 Å². The Morgan fingerprint density at radius 2 is 2.20 bits per heavy atom. The molecule has 5 N–H and O–H groups in total. The number of piperazine rings is 1. The smallest absolute Gasteiger partial charge is 0.219 e. The van der Waals surface area contributed by atoms with Gasteiger partial charge in [-0.15, -0.1) is 0 Å². The standard InChI is InChI=1S/C12H16N2.C9H16FN5O/c1-9(13-2)7-10-8-14-12-6-4-3-5-11(10)12;1-14-2-3-15(5-7(14)4-10)9(12)13-8(11)6-16/h3-6,8-9,13-14H,7H2,1-2H3;6-7H,2-5H2,1H3,(H3,11,12,13). The first-order valence-corrected chi connectivity index (χ1v) is 10.0. The van der Waals surface area contributed by atoms with E-state index in [0.29, 0.717) is 32.0 Å². The third-order valence-corrected chi connectivity index (χ3v) is 5.30. The summed E-state index contributed by atoms with van der Waals surface area (Å²) < 4.78 is 12.6. The van der Waals surface area contributed by atoms with Crippen molar-refractivity contribution in [3.8, 4) is 0 Å². The number of nitrogens with zero attached hydrogens (tertiary/aromatic N) is 3. The molecule has 1 saturated heterocycles. The van der Waals surface area contributed by atoms with Gasteiger partial charge in [-0.25, -0.2) is 4.39 Å². The van der Waals surface area contributed by atoms with E-state index in [1.807, 2.05) is 19.0 Å². The molecule has 2 heterocycles. The minimum absolute atomic E-state index is 0.0869. The summed E-state index contributed by atoms with van der Waals surface area (Å²) >= 11 is 0. The molecule has 1 aromatic carbocycles. The van der Waals surface area contributed by atoms with Gasteiger partial charge in [0.25, 0.3) is 0 Å². The molecule has 8 nitrogen and oxygen atoms in total. The van der Waals surface area contributed by atoms with E-state index in [-0.39, 0.29) is 17.8 Å². The average Bonchev–Trinajstić information content (AvgIpc) is 3.17. The summed E-state index contributed by atoms with van der Waals surface area (Å²) in [5.74, 6) is -0.322. The number of carbonyl (C=O) groups excluding carboxylic acids is 1. The Bertz CT molecular complexity index is 866. The van der Waals surface area contributed by atoms with Crippen molar-refractivity contribution in [2.24, 2.45) is 10.7 Å². The largest absolute Gasteiger partial charge is 0.381 e. The number of guanidine groups is 1. The molecule has 0 spiro atoms. The van der Waals surface area contributed by atoms with Crippen molar-refractivity contribution in [2.45, 2.75) is 25.4 Å². The number of fused-ring (bicyclic) bond motifs is 1. The first kappa shape index (κ1) is 23.5. The lowest BCUT2D eigenvalue weighted by Crippen LogP contribution is -2.53. The summed E-state index contributed by atoms with van der Waals surface area (Å²) in [6, 6.07) is 8.72. The molecule has 2 aromatic rings. The van der Waals surface area contributed by atoms with Gasteiger partial charge >= 0.3 is 0 Å². The quantitative estimate of drug-likeness (QED) is 0.333. The lowest BCUT2D eigenvalue weighted by molar-refractivity contribution is -0.102. The van der Waals surface area contributed by atoms with Gasteiger partial charge in [-0.1, -0.05) is 18.2 Å². The molecule has 1 fully saturated rings. The van der Waals surface area contributed by atoms with Gasteiger partial charge in [-0.2, -0.15) is 4.99 Å². The molecule has 3 rings (SSSR count). The van der Waals surface area contributed by atoms with E-state index in [4.69, 9.17) is 11.1 Å². The highest BCUT2D eigenvalue weighted by atomic mass is 19.1. The van der Waals surface area contributed by atoms with Crippen molar-refractivity contribution in [2.75, 3.05) is 40.4 Å². The van der Waals surface area contributed by atoms with E-state index in [9.17, 15) is 9.18 Å². The maximum Gasteiger partial charge on any atom is 0.219 e. The highest BCUT2D eigenvalue weighted by molar-refractivity contribution is 6.28. The summed E-state index contributed by atoms with van der Waals surface area (Å²) in [6.45, 7) is 3.37. The number of nitrogens with two attached hydrogens (primary N) is 1. The first-order valence-electron chi connectivity index (χ1n) is 10.0. The number of nitrogens with one attached hydrogen (secondary N) is 3. The third kappa shape index (κ3) is 6.36. The highest BCUT2D eigenvalue weighted by Crippen LogP contribution is 2.18. The van der Waals surface area contributed by atoms with Crippen LogP contribution in [0, 0.1) is 5.41 Å². The Morgan fingerprint density at radius 3 is 2.87 bits per heavy atom. The van der Waals surface area contributed by atoms with Crippen LogP contribution < -0.4 is 11.1 Å². The fourth-order valence-corrected chi connectivity index (χ4v) is 3.26. The molecule has 2 unspecified atom stereocenters. The van der Waals surface area contributed by atoms with Crippen molar-refractivity contribution >= 4 is 29.0 Å². The Balaban J connectivity index is 0.000000215. The molecule has 2 atom stereocenters. The van der Waals surface area contributed by atoms with Gasteiger partial charge in [0.15, 0.2) is 12.1 Å². The fraction of sp³-hybridized carbons (Fsp3) is 0.476. The number of H-pyrrole nitrogens is 1. The number of aliphatic imine (C=N–C) groups is 1. The molecule has 1 aliphatic rings. The molecule has 0 amide bonds. The van der Waals surface area contributed by atoms with E-state index >= 15 is 0 Å². The predicted molar refractivity (Wildman–Crippen MR) is 120 cm³/mol. The minimum Gasteiger partial charge on any atom is -0.381 e. The summed E-state index contributed by atoms with van der Waals surface area (Å²) in [7, 11) is 3.84. The minimum atomic E-state index is -0.465. The van der Waals surface area contributed by atoms with Gasteiger partial charge in [-0.05, 0) is 39.1 Å². The first-order chi connectivity index (χ1) is 14.4. The summed E-state index contributed by atoms with van der Waals surface area (Å²) in [4.78, 5) is 20.7. The lowest BCUT2D eigenvalue weighted by atomic mass is 10.1. The van der Waals surface area contributed by atoms with E-state index < -0.39 is 6.67 Å². The number of alkyl halides is 1. The second-order valence-corrected chi connectivity index (χ2v) is 7.47. The van der Waals surface area contributed by atoms with E-state index in [0.717, 1.165) is 6.42 Å². The predicted octanol–water partition coefficient (Wildman–Crippen LogP) is 1.38. The number of halogens is 1. The fourth-order valence-electron chi connectivity index (χ4n) is 3.26. The van der Waals surface area contributed by atoms with Gasteiger partial charge in [0.1, 0.15) is 6.67 Å². The van der Waals surface area contributed by atoms with E-state index in [2.05, 4.69) is 52.7 Å². The Kier molecular flexibility index (Phi) is 8.94. The highest BCUT2D eigenvalue weighted by Gasteiger charge is 2.25. The molecular weight excluding hydrogens is 385 g/mol. The molecule has 1 aromatic heterocycles. The van der Waals surface area contributed by atoms with Gasteiger partial charge < -0.3 is 20.9 Å². The number of amidine groups is 1. The number of likely N-dealkylation sites (N-methyl/N-ethyl adjacent to an activating group) is 2. The van der Waals surface area contributed by atoms with Crippen LogP contribution in [0.3, 0.4) is 0 Å². The van der Waals surface area contributed by atoms with Crippen LogP contribution in [0.2, 0.25) is 0 Å². The van der Waals surface area contributed by atoms with Gasteiger partial charge in [0.2, 0.25) is 5.96 Å². The molecule has 0 aliphatic carbocycles. The van der Waals surface area contributed by atoms with Crippen LogP contribution >= 0.6 is 0 Å². The van der Waals surface area contributed by atoms with Crippen LogP contribution in [-0.2, 0) is 11.2 Å². The molecule has 0 radical (unpaired) electrons. The average molecular weight is 418 g/mol. The zero-order chi connectivity index (χ0) is 22.1. The number of hydrogen-bond acceptors (Lipinski definition) is 4. The lowest BCUT2D eigenvalue weighted by Gasteiger charge is -2.38. The van der Waals surface area contributed by atoms with Crippen LogP contribution in [0.4, 0.5) is 4.39 Å². The van der Waals surface area contributed by atoms with Gasteiger partial charge in [-0.3, -0.25) is 15.1 Å². The van der Waals surface area contributed by atoms with Gasteiger partial charge in [0, 0.05) is 42.8 Å². The number of aldehydes is 1. The summed E-state index contributed by atoms with van der Waals surface area (Å²) in [5, 5.41) is 12.2.